The summed E-state index contributed by atoms with van der Waals surface area (Å²) >= 11 is 0. The van der Waals surface area contributed by atoms with Crippen molar-refractivity contribution in [2.75, 3.05) is 66.0 Å². The van der Waals surface area contributed by atoms with Crippen LogP contribution in [-0.4, -0.2) is 135 Å². The minimum atomic E-state index is -3.67. The standard InChI is InChI=1S/C42H44N6O6.2CH4O3S/c1-23-35-31(21-29-27-19-25(53-5)9-11-33(27)45(3)37(23)29)39(49)47(41(35)51)17-7-13-43-15-16-44-14-8-18-48-40(50)32-22-30-28-20-26(54-6)10-12-34(28)46(4)38(30)24(2)36(32)42(48)52;2*1-5(2,3)4/h9-12,19-22,43-44H,7-8,13-18H2,1-6H3;2*1H3,(H,2,3,4). The van der Waals surface area contributed by atoms with Crippen LogP contribution >= 0.6 is 0 Å². The smallest absolute Gasteiger partial charge is 0.261 e. The van der Waals surface area contributed by atoms with Crippen molar-refractivity contribution in [1.29, 1.82) is 0 Å². The first-order chi connectivity index (χ1) is 30.1. The zero-order valence-corrected chi connectivity index (χ0v) is 38.5. The zero-order chi connectivity index (χ0) is 47.0. The number of methoxy groups -OCH3 is 2. The summed E-state index contributed by atoms with van der Waals surface area (Å²) in [6, 6.07) is 15.5. The number of aromatic nitrogens is 2. The highest BCUT2D eigenvalue weighted by molar-refractivity contribution is 7.85. The van der Waals surface area contributed by atoms with E-state index < -0.39 is 20.2 Å². The fourth-order valence-corrected chi connectivity index (χ4v) is 8.62. The van der Waals surface area contributed by atoms with E-state index in [1.165, 1.54) is 9.80 Å². The number of carbonyl (C=O) groups is 4. The summed E-state index contributed by atoms with van der Waals surface area (Å²) < 4.78 is 66.8. The Hall–Kier alpha value is -5.90. The van der Waals surface area contributed by atoms with Crippen molar-refractivity contribution >= 4 is 87.5 Å². The Labute approximate surface area is 370 Å². The number of benzene rings is 4. The van der Waals surface area contributed by atoms with Crippen LogP contribution < -0.4 is 20.1 Å². The van der Waals surface area contributed by atoms with Gasteiger partial charge in [-0.3, -0.25) is 38.1 Å². The quantitative estimate of drug-likeness (QED) is 0.0711. The average Bonchev–Trinajstić information content (AvgIpc) is 3.84. The van der Waals surface area contributed by atoms with E-state index in [1.807, 2.05) is 76.5 Å². The van der Waals surface area contributed by atoms with Gasteiger partial charge in [-0.1, -0.05) is 0 Å². The molecule has 4 N–H and O–H groups in total. The summed E-state index contributed by atoms with van der Waals surface area (Å²) in [4.78, 5) is 56.7. The third-order valence-electron chi connectivity index (χ3n) is 11.3. The minimum absolute atomic E-state index is 0.241. The third kappa shape index (κ3) is 9.61. The molecule has 4 aromatic carbocycles. The Morgan fingerprint density at radius 3 is 1.22 bits per heavy atom. The maximum atomic E-state index is 13.5. The highest BCUT2D eigenvalue weighted by Crippen LogP contribution is 2.40. The van der Waals surface area contributed by atoms with E-state index in [-0.39, 0.29) is 23.6 Å². The second-order valence-corrected chi connectivity index (χ2v) is 18.7. The molecule has 0 spiro atoms. The molecule has 20 heteroatoms. The molecule has 2 aliphatic rings. The average molecular weight is 921 g/mol. The van der Waals surface area contributed by atoms with Gasteiger partial charge in [-0.15, -0.1) is 0 Å². The number of nitrogens with zero attached hydrogens (tertiary/aromatic N) is 4. The van der Waals surface area contributed by atoms with Crippen LogP contribution in [0.25, 0.3) is 43.6 Å². The molecule has 0 fully saturated rings. The molecule has 2 aromatic heterocycles. The Kier molecular flexibility index (Phi) is 13.9. The summed E-state index contributed by atoms with van der Waals surface area (Å²) in [5, 5.41) is 10.6. The van der Waals surface area contributed by atoms with Gasteiger partial charge in [0.15, 0.2) is 0 Å². The monoisotopic (exact) mass is 920 g/mol. The first kappa shape index (κ1) is 47.6. The Morgan fingerprint density at radius 2 is 0.891 bits per heavy atom. The van der Waals surface area contributed by atoms with Crippen molar-refractivity contribution in [2.24, 2.45) is 14.1 Å². The lowest BCUT2D eigenvalue weighted by Gasteiger charge is -2.15. The maximum Gasteiger partial charge on any atom is 0.261 e. The molecular formula is C44H52N6O12S2. The Morgan fingerprint density at radius 1 is 0.547 bits per heavy atom. The highest BCUT2D eigenvalue weighted by atomic mass is 32.2. The predicted molar refractivity (Wildman–Crippen MR) is 244 cm³/mol. The van der Waals surface area contributed by atoms with Gasteiger partial charge >= 0.3 is 0 Å². The topological polar surface area (TPSA) is 236 Å². The molecular weight excluding hydrogens is 869 g/mol. The van der Waals surface area contributed by atoms with Crippen molar-refractivity contribution in [3.8, 4) is 11.5 Å². The highest BCUT2D eigenvalue weighted by Gasteiger charge is 2.39. The number of hydrogen-bond acceptors (Lipinski definition) is 12. The lowest BCUT2D eigenvalue weighted by molar-refractivity contribution is 0.0636. The van der Waals surface area contributed by atoms with Gasteiger partial charge in [0.25, 0.3) is 43.9 Å². The second kappa shape index (κ2) is 18.7. The zero-order valence-electron chi connectivity index (χ0n) is 36.9. The van der Waals surface area contributed by atoms with Crippen molar-refractivity contribution in [2.45, 2.75) is 26.7 Å². The van der Waals surface area contributed by atoms with Crippen molar-refractivity contribution in [3.63, 3.8) is 0 Å². The summed E-state index contributed by atoms with van der Waals surface area (Å²) in [6.45, 7) is 7.18. The molecule has 0 saturated heterocycles. The number of ether oxygens (including phenoxy) is 2. The minimum Gasteiger partial charge on any atom is -0.497 e. The maximum absolute atomic E-state index is 13.5. The summed E-state index contributed by atoms with van der Waals surface area (Å²) in [5.74, 6) is 0.488. The number of imide groups is 2. The van der Waals surface area contributed by atoms with Crippen molar-refractivity contribution in [1.82, 2.24) is 29.6 Å². The van der Waals surface area contributed by atoms with Gasteiger partial charge in [-0.25, -0.2) is 0 Å². The van der Waals surface area contributed by atoms with Gasteiger partial charge < -0.3 is 29.2 Å². The molecule has 0 bridgehead atoms. The first-order valence-electron chi connectivity index (χ1n) is 20.3. The molecule has 0 unspecified atom stereocenters. The summed E-state index contributed by atoms with van der Waals surface area (Å²) in [6.07, 6.45) is 2.68. The molecule has 4 heterocycles. The van der Waals surface area contributed by atoms with E-state index >= 15 is 0 Å². The van der Waals surface area contributed by atoms with Gasteiger partial charge in [0.05, 0.1) is 60.0 Å². The molecule has 64 heavy (non-hydrogen) atoms. The second-order valence-electron chi connectivity index (χ2n) is 15.7. The van der Waals surface area contributed by atoms with E-state index in [0.29, 0.717) is 86.9 Å². The van der Waals surface area contributed by atoms with E-state index in [4.69, 9.17) is 18.6 Å². The van der Waals surface area contributed by atoms with Crippen molar-refractivity contribution < 1.29 is 54.6 Å². The molecule has 6 aromatic rings. The lowest BCUT2D eigenvalue weighted by Crippen LogP contribution is -2.35. The number of amides is 4. The third-order valence-corrected chi connectivity index (χ3v) is 11.3. The van der Waals surface area contributed by atoms with Crippen LogP contribution in [0.15, 0.2) is 48.5 Å². The summed E-state index contributed by atoms with van der Waals surface area (Å²) in [7, 11) is -0.114. The van der Waals surface area contributed by atoms with Crippen LogP contribution in [0.5, 0.6) is 11.5 Å². The van der Waals surface area contributed by atoms with Crippen LogP contribution in [0.1, 0.15) is 65.4 Å². The normalized spacial score (nSPS) is 13.8. The Balaban J connectivity index is 0.000000615. The number of rotatable bonds is 13. The van der Waals surface area contributed by atoms with Gasteiger partial charge in [-0.05, 0) is 99.4 Å². The largest absolute Gasteiger partial charge is 0.497 e. The van der Waals surface area contributed by atoms with Gasteiger partial charge in [0.1, 0.15) is 11.5 Å². The number of nitrogens with one attached hydrogen (secondary N) is 2. The van der Waals surface area contributed by atoms with Crippen LogP contribution in [0.3, 0.4) is 0 Å². The predicted octanol–water partition coefficient (Wildman–Crippen LogP) is 4.47. The summed E-state index contributed by atoms with van der Waals surface area (Å²) in [5.41, 5.74) is 7.42. The molecule has 0 atom stereocenters. The number of hydrogen-bond donors (Lipinski definition) is 4. The SMILES string of the molecule is COc1ccc2c(c1)c1cc3c(c(C)c1n2C)C(=O)N(CCCNCCNCCCN1C(=O)c2cc4c5cc(OC)ccc5n(C)c4c(C)c2C1=O)C3=O.CS(=O)(=O)O.CS(=O)(=O)O. The van der Waals surface area contributed by atoms with Crippen LogP contribution in [0.4, 0.5) is 0 Å². The lowest BCUT2D eigenvalue weighted by atomic mass is 9.99. The van der Waals surface area contributed by atoms with E-state index in [2.05, 4.69) is 19.8 Å². The molecule has 0 saturated carbocycles. The first-order valence-corrected chi connectivity index (χ1v) is 23.9. The molecule has 0 radical (unpaired) electrons. The molecule has 8 rings (SSSR count). The van der Waals surface area contributed by atoms with Gasteiger partial charge in [0, 0.05) is 72.9 Å². The van der Waals surface area contributed by atoms with Gasteiger partial charge in [0.2, 0.25) is 0 Å². The number of carbonyl (C=O) groups excluding carboxylic acids is 4. The van der Waals surface area contributed by atoms with E-state index in [0.717, 1.165) is 66.2 Å². The number of fused-ring (bicyclic) bond motifs is 8. The molecule has 4 amide bonds. The number of aryl methyl sites for hydroxylation is 4. The van der Waals surface area contributed by atoms with Crippen LogP contribution in [0, 0.1) is 13.8 Å². The van der Waals surface area contributed by atoms with E-state index in [9.17, 15) is 36.0 Å². The van der Waals surface area contributed by atoms with Crippen molar-refractivity contribution in [3.05, 3.63) is 81.9 Å². The molecule has 342 valence electrons. The fourth-order valence-electron chi connectivity index (χ4n) is 8.62. The van der Waals surface area contributed by atoms with Gasteiger partial charge in [-0.2, -0.15) is 16.8 Å². The molecule has 0 aliphatic carbocycles. The fraction of sp³-hybridized carbons (Fsp3) is 0.364. The van der Waals surface area contributed by atoms with Crippen LogP contribution in [0.2, 0.25) is 0 Å². The van der Waals surface area contributed by atoms with Crippen LogP contribution in [-0.2, 0) is 34.3 Å². The molecule has 2 aliphatic heterocycles. The Bertz CT molecular complexity index is 2880. The molecule has 18 nitrogen and oxygen atoms in total. The van der Waals surface area contributed by atoms with E-state index in [1.54, 1.807) is 14.2 Å².